The fourth-order valence-corrected chi connectivity index (χ4v) is 3.80. The Morgan fingerprint density at radius 2 is 1.93 bits per heavy atom. The van der Waals surface area contributed by atoms with Crippen LogP contribution < -0.4 is 5.32 Å². The van der Waals surface area contributed by atoms with Crippen molar-refractivity contribution in [2.45, 2.75) is 13.8 Å². The van der Waals surface area contributed by atoms with Crippen LogP contribution in [0.1, 0.15) is 42.9 Å². The SMILES string of the molecule is CCOC(=O)c1c(NC(=O)c2c(F)cccc2Cl)sc(C(=O)N(C)C)c1C. The van der Waals surface area contributed by atoms with Gasteiger partial charge in [-0.3, -0.25) is 9.59 Å². The van der Waals surface area contributed by atoms with Gasteiger partial charge in [0.15, 0.2) is 0 Å². The molecule has 0 bridgehead atoms. The van der Waals surface area contributed by atoms with Crippen LogP contribution in [0.4, 0.5) is 9.39 Å². The maximum Gasteiger partial charge on any atom is 0.341 e. The molecule has 0 saturated heterocycles. The second-order valence-corrected chi connectivity index (χ2v) is 7.16. The normalized spacial score (nSPS) is 10.4. The van der Waals surface area contributed by atoms with Gasteiger partial charge in [-0.05, 0) is 31.5 Å². The fourth-order valence-electron chi connectivity index (χ4n) is 2.34. The van der Waals surface area contributed by atoms with E-state index in [1.165, 1.54) is 17.0 Å². The van der Waals surface area contributed by atoms with Crippen LogP contribution >= 0.6 is 22.9 Å². The molecule has 1 aromatic carbocycles. The van der Waals surface area contributed by atoms with E-state index in [-0.39, 0.29) is 38.5 Å². The summed E-state index contributed by atoms with van der Waals surface area (Å²) in [5.41, 5.74) is 0.0976. The summed E-state index contributed by atoms with van der Waals surface area (Å²) < 4.78 is 19.0. The maximum atomic E-state index is 14.0. The number of thiophene rings is 1. The molecule has 27 heavy (non-hydrogen) atoms. The summed E-state index contributed by atoms with van der Waals surface area (Å²) >= 11 is 6.84. The van der Waals surface area contributed by atoms with E-state index in [2.05, 4.69) is 5.32 Å². The number of rotatable bonds is 5. The number of hydrogen-bond acceptors (Lipinski definition) is 5. The second-order valence-electron chi connectivity index (χ2n) is 5.73. The summed E-state index contributed by atoms with van der Waals surface area (Å²) in [6.45, 7) is 3.35. The Morgan fingerprint density at radius 3 is 2.48 bits per heavy atom. The molecule has 2 rings (SSSR count). The van der Waals surface area contributed by atoms with Gasteiger partial charge in [-0.25, -0.2) is 9.18 Å². The molecule has 1 N–H and O–H groups in total. The average Bonchev–Trinajstić information content (AvgIpc) is 2.90. The van der Waals surface area contributed by atoms with Gasteiger partial charge in [0, 0.05) is 14.1 Å². The van der Waals surface area contributed by atoms with Gasteiger partial charge in [-0.15, -0.1) is 11.3 Å². The number of carbonyl (C=O) groups is 3. The molecule has 0 spiro atoms. The molecule has 144 valence electrons. The molecular weight excluding hydrogens is 395 g/mol. The van der Waals surface area contributed by atoms with Gasteiger partial charge < -0.3 is 15.0 Å². The van der Waals surface area contributed by atoms with Gasteiger partial charge in [0.25, 0.3) is 11.8 Å². The maximum absolute atomic E-state index is 14.0. The number of benzene rings is 1. The van der Waals surface area contributed by atoms with Gasteiger partial charge in [-0.2, -0.15) is 0 Å². The molecule has 1 aromatic heterocycles. The van der Waals surface area contributed by atoms with Crippen LogP contribution in [-0.2, 0) is 4.74 Å². The Hall–Kier alpha value is -2.45. The van der Waals surface area contributed by atoms with Crippen molar-refractivity contribution in [2.75, 3.05) is 26.0 Å². The van der Waals surface area contributed by atoms with Gasteiger partial charge >= 0.3 is 5.97 Å². The Morgan fingerprint density at radius 1 is 1.26 bits per heavy atom. The van der Waals surface area contributed by atoms with Crippen LogP contribution in [-0.4, -0.2) is 43.4 Å². The van der Waals surface area contributed by atoms with Gasteiger partial charge in [0.1, 0.15) is 10.8 Å². The van der Waals surface area contributed by atoms with E-state index in [0.29, 0.717) is 5.56 Å². The zero-order chi connectivity index (χ0) is 20.3. The number of halogens is 2. The minimum absolute atomic E-state index is 0.0628. The number of hydrogen-bond donors (Lipinski definition) is 1. The molecule has 0 atom stereocenters. The third-order valence-corrected chi connectivity index (χ3v) is 5.15. The molecule has 0 radical (unpaired) electrons. The molecule has 0 aliphatic rings. The van der Waals surface area contributed by atoms with Crippen LogP contribution in [0.5, 0.6) is 0 Å². The van der Waals surface area contributed by atoms with Crippen molar-refractivity contribution in [1.82, 2.24) is 4.90 Å². The van der Waals surface area contributed by atoms with Crippen molar-refractivity contribution in [3.8, 4) is 0 Å². The lowest BCUT2D eigenvalue weighted by Crippen LogP contribution is -2.21. The monoisotopic (exact) mass is 412 g/mol. The minimum Gasteiger partial charge on any atom is -0.462 e. The fraction of sp³-hybridized carbons (Fsp3) is 0.278. The lowest BCUT2D eigenvalue weighted by Gasteiger charge is -2.09. The molecule has 1 heterocycles. The lowest BCUT2D eigenvalue weighted by molar-refractivity contribution is 0.0527. The van der Waals surface area contributed by atoms with Gasteiger partial charge in [0.2, 0.25) is 0 Å². The third kappa shape index (κ3) is 4.28. The highest BCUT2D eigenvalue weighted by Crippen LogP contribution is 2.35. The van der Waals surface area contributed by atoms with E-state index in [4.69, 9.17) is 16.3 Å². The number of carbonyl (C=O) groups excluding carboxylic acids is 3. The molecule has 0 aliphatic carbocycles. The first-order valence-electron chi connectivity index (χ1n) is 7.96. The average molecular weight is 413 g/mol. The van der Waals surface area contributed by atoms with Crippen molar-refractivity contribution in [3.05, 3.63) is 50.6 Å². The Bertz CT molecular complexity index is 891. The number of amides is 2. The summed E-state index contributed by atoms with van der Waals surface area (Å²) in [7, 11) is 3.14. The molecule has 6 nitrogen and oxygen atoms in total. The first-order valence-corrected chi connectivity index (χ1v) is 9.16. The first kappa shape index (κ1) is 20.9. The highest BCUT2D eigenvalue weighted by Gasteiger charge is 2.28. The van der Waals surface area contributed by atoms with Crippen molar-refractivity contribution in [1.29, 1.82) is 0 Å². The highest BCUT2D eigenvalue weighted by atomic mass is 35.5. The van der Waals surface area contributed by atoms with Crippen LogP contribution in [0.2, 0.25) is 5.02 Å². The lowest BCUT2D eigenvalue weighted by atomic mass is 10.1. The van der Waals surface area contributed by atoms with Gasteiger partial charge in [-0.1, -0.05) is 17.7 Å². The summed E-state index contributed by atoms with van der Waals surface area (Å²) in [4.78, 5) is 38.9. The molecule has 0 aliphatic heterocycles. The largest absolute Gasteiger partial charge is 0.462 e. The zero-order valence-corrected chi connectivity index (χ0v) is 16.8. The van der Waals surface area contributed by atoms with Crippen molar-refractivity contribution in [3.63, 3.8) is 0 Å². The number of nitrogens with one attached hydrogen (secondary N) is 1. The number of ether oxygens (including phenoxy) is 1. The second kappa shape index (κ2) is 8.49. The Balaban J connectivity index is 2.51. The molecule has 2 aromatic rings. The standard InChI is InChI=1S/C18H18ClFN2O4S/c1-5-26-18(25)12-9(2)14(17(24)22(3)4)27-16(12)21-15(23)13-10(19)7-6-8-11(13)20/h6-8H,5H2,1-4H3,(H,21,23). The molecule has 2 amide bonds. The zero-order valence-electron chi connectivity index (χ0n) is 15.2. The number of nitrogens with zero attached hydrogens (tertiary/aromatic N) is 1. The summed E-state index contributed by atoms with van der Waals surface area (Å²) in [6.07, 6.45) is 0. The van der Waals surface area contributed by atoms with Crippen LogP contribution in [0.25, 0.3) is 0 Å². The predicted molar refractivity (Wildman–Crippen MR) is 102 cm³/mol. The Kier molecular flexibility index (Phi) is 6.56. The van der Waals surface area contributed by atoms with E-state index in [1.54, 1.807) is 27.9 Å². The smallest absolute Gasteiger partial charge is 0.341 e. The molecule has 0 fully saturated rings. The van der Waals surface area contributed by atoms with Gasteiger partial charge in [0.05, 0.1) is 27.6 Å². The van der Waals surface area contributed by atoms with Crippen molar-refractivity contribution in [2.24, 2.45) is 0 Å². The minimum atomic E-state index is -0.825. The third-order valence-electron chi connectivity index (χ3n) is 3.64. The van der Waals surface area contributed by atoms with Crippen LogP contribution in [0.15, 0.2) is 18.2 Å². The molecule has 0 saturated carbocycles. The Labute approximate surface area is 164 Å². The van der Waals surface area contributed by atoms with E-state index in [9.17, 15) is 18.8 Å². The molecular formula is C18H18ClFN2O4S. The van der Waals surface area contributed by atoms with E-state index < -0.39 is 17.7 Å². The highest BCUT2D eigenvalue weighted by molar-refractivity contribution is 7.18. The molecule has 9 heteroatoms. The topological polar surface area (TPSA) is 75.7 Å². The van der Waals surface area contributed by atoms with Crippen LogP contribution in [0.3, 0.4) is 0 Å². The summed E-state index contributed by atoms with van der Waals surface area (Å²) in [5, 5.41) is 2.52. The summed E-state index contributed by atoms with van der Waals surface area (Å²) in [5.74, 6) is -2.63. The van der Waals surface area contributed by atoms with E-state index in [1.807, 2.05) is 0 Å². The van der Waals surface area contributed by atoms with Crippen LogP contribution in [0, 0.1) is 12.7 Å². The summed E-state index contributed by atoms with van der Waals surface area (Å²) in [6, 6.07) is 3.86. The van der Waals surface area contributed by atoms with E-state index in [0.717, 1.165) is 17.4 Å². The quantitative estimate of drug-likeness (QED) is 0.753. The van der Waals surface area contributed by atoms with Crippen molar-refractivity contribution >= 4 is 45.7 Å². The molecule has 0 unspecified atom stereocenters. The van der Waals surface area contributed by atoms with Crippen molar-refractivity contribution < 1.29 is 23.5 Å². The number of anilines is 1. The first-order chi connectivity index (χ1) is 12.7. The van der Waals surface area contributed by atoms with E-state index >= 15 is 0 Å². The number of esters is 1. The predicted octanol–water partition coefficient (Wildman–Crippen LogP) is 3.98.